The zero-order valence-electron chi connectivity index (χ0n) is 80.8. The van der Waals surface area contributed by atoms with Crippen molar-refractivity contribution in [2.75, 3.05) is 0 Å². The average Bonchev–Trinajstić information content (AvgIpc) is 0.973. The van der Waals surface area contributed by atoms with Crippen molar-refractivity contribution >= 4 is 135 Å². The van der Waals surface area contributed by atoms with Crippen molar-refractivity contribution in [3.8, 4) is 39.5 Å². The van der Waals surface area contributed by atoms with E-state index in [-0.39, 0.29) is 21.7 Å². The first-order chi connectivity index (χ1) is 61.0. The van der Waals surface area contributed by atoms with E-state index in [1.165, 1.54) is 152 Å². The third kappa shape index (κ3) is 32.5. The van der Waals surface area contributed by atoms with Crippen LogP contribution in [0.5, 0.6) is 17.2 Å². The molecule has 3 N–H and O–H groups in total. The molecular formula is C110H139Br4Cl4N6O3W3-3. The van der Waals surface area contributed by atoms with Gasteiger partial charge in [-0.25, -0.2) is 0 Å². The Hall–Kier alpha value is -4.07. The van der Waals surface area contributed by atoms with Crippen LogP contribution in [0.4, 0.5) is 11.4 Å². The van der Waals surface area contributed by atoms with Gasteiger partial charge in [0.25, 0.3) is 0 Å². The zero-order chi connectivity index (χ0) is 95.5. The van der Waals surface area contributed by atoms with Crippen LogP contribution in [-0.4, -0.2) is 34.1 Å². The van der Waals surface area contributed by atoms with Gasteiger partial charge in [-0.05, 0) is 268 Å². The Morgan fingerprint density at radius 2 is 0.654 bits per heavy atom. The van der Waals surface area contributed by atoms with E-state index in [0.717, 1.165) is 134 Å². The Balaban J connectivity index is 0.000000170. The number of phenolic OH excluding ortho intramolecular Hbond substituents is 3. The van der Waals surface area contributed by atoms with E-state index in [1.807, 2.05) is 100 Å². The SMILES string of the molecule is CC(C)(C)[CH]=[W]=[N]C12CC3CC(CC(C3)C1)C2.CC(C)(C)[CH]=[W]=[N]c1c(Cl)cccc1Cl.CC(C)(C)[CH]=[W]=[N]c1c(Cl)cccc1Cl.Cc1c(Br)cc2c(c1-c1c(O)c(Br)cc3c1CCCC3)CCCC2.Cc1c(Br)cc2c(c1-c1c(O)c(Br)cc3c1CCCC3)CCCC2.Cc1cc(C(C)(C)C)c(O)c(C(C)(C)C)c1.Cc1ccc(C)[n-]1.Cc1ccc(C)[n-]1.c1cc[n-]c1. The van der Waals surface area contributed by atoms with Crippen molar-refractivity contribution in [3.05, 3.63) is 255 Å². The molecule has 10 aromatic rings. The summed E-state index contributed by atoms with van der Waals surface area (Å²) in [5.74, 6) is 4.47. The summed E-state index contributed by atoms with van der Waals surface area (Å²) in [7, 11) is 0. The number of aromatic nitrogens is 3. The van der Waals surface area contributed by atoms with E-state index >= 15 is 0 Å². The van der Waals surface area contributed by atoms with Gasteiger partial charge in [0.15, 0.2) is 0 Å². The number of phenols is 3. The number of nitrogens with zero attached hydrogens (tertiary/aromatic N) is 6. The van der Waals surface area contributed by atoms with E-state index in [1.54, 1.807) is 31.7 Å². The van der Waals surface area contributed by atoms with Crippen LogP contribution in [0.25, 0.3) is 22.3 Å². The Labute approximate surface area is 858 Å². The predicted molar refractivity (Wildman–Crippen MR) is 559 cm³/mol. The molecule has 3 aromatic heterocycles. The van der Waals surface area contributed by atoms with Crippen LogP contribution in [0, 0.1) is 82.5 Å². The van der Waals surface area contributed by atoms with Gasteiger partial charge in [-0.3, -0.25) is 0 Å². The fourth-order valence-electron chi connectivity index (χ4n) is 18.3. The molecular weight excluding hydrogens is 2470 g/mol. The van der Waals surface area contributed by atoms with E-state index in [2.05, 4.69) is 260 Å². The average molecular weight is 2610 g/mol. The van der Waals surface area contributed by atoms with Crippen molar-refractivity contribution in [3.63, 3.8) is 0 Å². The van der Waals surface area contributed by atoms with E-state index in [9.17, 15) is 15.3 Å². The monoisotopic (exact) mass is 2600 g/mol. The largest absolute Gasteiger partial charge is 0.670 e. The minimum absolute atomic E-state index is 0.0178. The van der Waals surface area contributed by atoms with Crippen molar-refractivity contribution in [2.45, 2.75) is 310 Å². The number of hydrogen-bond donors (Lipinski definition) is 3. The molecule has 0 spiro atoms. The Morgan fingerprint density at radius 3 is 0.923 bits per heavy atom. The maximum atomic E-state index is 11.0. The first-order valence-electron chi connectivity index (χ1n) is 46.2. The van der Waals surface area contributed by atoms with Crippen molar-refractivity contribution in [1.29, 1.82) is 0 Å². The van der Waals surface area contributed by atoms with Crippen LogP contribution in [0.1, 0.15) is 289 Å². The molecule has 130 heavy (non-hydrogen) atoms. The van der Waals surface area contributed by atoms with Crippen LogP contribution in [0.15, 0.2) is 150 Å². The summed E-state index contributed by atoms with van der Waals surface area (Å²) in [6.45, 7) is 47.3. The summed E-state index contributed by atoms with van der Waals surface area (Å²) in [5.41, 5.74) is 29.2. The maximum Gasteiger partial charge on any atom is 0.137 e. The molecule has 0 amide bonds. The number of fused-ring (bicyclic) bond motifs is 4. The number of rotatable bonds is 5. The fourth-order valence-corrected chi connectivity index (χ4v) is 29.8. The zero-order valence-corrected chi connectivity index (χ0v) is 99.0. The maximum absolute atomic E-state index is 11.0. The van der Waals surface area contributed by atoms with Gasteiger partial charge >= 0.3 is 332 Å². The first-order valence-corrected chi connectivity index (χ1v) is 59.9. The Bertz CT molecular complexity index is 5180. The van der Waals surface area contributed by atoms with Gasteiger partial charge in [-0.15, -0.1) is 0 Å². The van der Waals surface area contributed by atoms with Crippen LogP contribution in [-0.2, 0) is 116 Å². The standard InChI is InChI=1S/2C21H22Br2O.C15H24O.C10H15N.2C6H3Cl2N.2C6H8N.3C5H10.C4H4N.3W/c2*1-12-17(22)10-13-6-2-4-8-15(13)19(12)20-16-9-5-3-7-14(16)11-18(23)21(20)24;1-10-8-11(14(2,3)4)13(16)12(9-10)15(5,6)7;11-10-4-7-1-8(5-10)3-9(2-7)6-10;2*7-4-2-1-3-5(8)6(4)9;2*1-5-3-4-6(2)7-5;3*1-5(2,3)4;1-2-4-5-3-1;;;/h2*10-11,24H,2-9H2,1H3;8-9,16H,1-7H3;7-9H,1-6H2;2*1-3H;2*3-4H,1-2H3;3*1H,2-4H3;1-4H;;;/q;;;;;;2*-1;;;;-1;;;. The molecule has 704 valence electrons. The van der Waals surface area contributed by atoms with E-state index in [0.29, 0.717) is 48.3 Å². The number of aromatic hydroxyl groups is 3. The molecule has 0 unspecified atom stereocenters. The predicted octanol–water partition coefficient (Wildman–Crippen LogP) is 34.3. The van der Waals surface area contributed by atoms with Gasteiger partial charge in [0, 0.05) is 20.1 Å². The van der Waals surface area contributed by atoms with Crippen molar-refractivity contribution < 1.29 is 69.1 Å². The van der Waals surface area contributed by atoms with Crippen LogP contribution < -0.4 is 15.0 Å². The summed E-state index contributed by atoms with van der Waals surface area (Å²) in [6, 6.07) is 35.8. The topological polar surface area (TPSA) is 140 Å². The smallest absolute Gasteiger partial charge is 0.137 e. The summed E-state index contributed by atoms with van der Waals surface area (Å²) >= 11 is 36.5. The molecule has 0 atom stereocenters. The van der Waals surface area contributed by atoms with Gasteiger partial charge in [0.2, 0.25) is 0 Å². The molecule has 18 rings (SSSR count). The number of hydrogen-bond acceptors (Lipinski definition) is 6. The quantitative estimate of drug-likeness (QED) is 0.157. The molecule has 8 aliphatic carbocycles. The summed E-state index contributed by atoms with van der Waals surface area (Å²) < 4.78 is 25.6. The minimum Gasteiger partial charge on any atom is -0.670 e. The summed E-state index contributed by atoms with van der Waals surface area (Å²) in [4.78, 5) is 11.9. The second kappa shape index (κ2) is 49.5. The number of benzene rings is 7. The fraction of sp³-hybridized carbons (Fsp3) is 0.482. The van der Waals surface area contributed by atoms with Gasteiger partial charge in [0.1, 0.15) is 17.2 Å². The molecule has 0 radical (unpaired) electrons. The van der Waals surface area contributed by atoms with Crippen LogP contribution in [0.3, 0.4) is 0 Å². The molecule has 3 heterocycles. The molecule has 8 aliphatic rings. The molecule has 4 fully saturated rings. The normalized spacial score (nSPS) is 17.3. The van der Waals surface area contributed by atoms with Gasteiger partial charge in [-0.2, -0.15) is 35.2 Å². The first kappa shape index (κ1) is 110. The molecule has 7 aromatic carbocycles. The second-order valence-electron chi connectivity index (χ2n) is 41.6. The second-order valence-corrected chi connectivity index (χ2v) is 53.4. The Morgan fingerprint density at radius 1 is 0.369 bits per heavy atom. The number of aryl methyl sites for hydroxylation is 9. The molecule has 0 saturated heterocycles. The van der Waals surface area contributed by atoms with Gasteiger partial charge < -0.3 is 30.3 Å². The summed E-state index contributed by atoms with van der Waals surface area (Å²) in [6.07, 6.45) is 31.4. The third-order valence-corrected chi connectivity index (χ3v) is 40.8. The summed E-state index contributed by atoms with van der Waals surface area (Å²) in [5, 5.41) is 34.9. The van der Waals surface area contributed by atoms with Crippen molar-refractivity contribution in [2.24, 2.45) is 44.5 Å². The van der Waals surface area contributed by atoms with Gasteiger partial charge in [0.05, 0.1) is 8.95 Å². The molecule has 9 nitrogen and oxygen atoms in total. The molecule has 20 heteroatoms. The number of halogens is 8. The van der Waals surface area contributed by atoms with Crippen LogP contribution >= 0.6 is 110 Å². The molecule has 0 aliphatic heterocycles. The van der Waals surface area contributed by atoms with E-state index in [4.69, 9.17) is 49.9 Å². The molecule has 4 saturated carbocycles. The van der Waals surface area contributed by atoms with Gasteiger partial charge in [-0.1, -0.05) is 155 Å². The van der Waals surface area contributed by atoms with E-state index < -0.39 is 53.8 Å². The van der Waals surface area contributed by atoms with Crippen LogP contribution in [0.2, 0.25) is 20.1 Å². The minimum atomic E-state index is -0.850. The third-order valence-electron chi connectivity index (χ3n) is 24.1. The van der Waals surface area contributed by atoms with Crippen molar-refractivity contribution in [1.82, 2.24) is 15.0 Å². The Kier molecular flexibility index (Phi) is 41.7. The molecule has 4 bridgehead atoms.